The number of amides is 2. The summed E-state index contributed by atoms with van der Waals surface area (Å²) in [4.78, 5) is 27.9. The molecule has 2 aliphatic rings. The molecule has 3 heterocycles. The fourth-order valence-electron chi connectivity index (χ4n) is 2.68. The molecule has 114 valence electrons. The molecule has 2 amide bonds. The van der Waals surface area contributed by atoms with E-state index in [4.69, 9.17) is 4.74 Å². The third kappa shape index (κ3) is 2.95. The maximum Gasteiger partial charge on any atom is 0.261 e. The van der Waals surface area contributed by atoms with Crippen LogP contribution in [0, 0.1) is 0 Å². The van der Waals surface area contributed by atoms with E-state index in [1.165, 1.54) is 16.2 Å². The van der Waals surface area contributed by atoms with E-state index >= 15 is 0 Å². The molecule has 0 radical (unpaired) electrons. The zero-order valence-electron chi connectivity index (χ0n) is 12.0. The van der Waals surface area contributed by atoms with Gasteiger partial charge in [0, 0.05) is 38.1 Å². The third-order valence-corrected chi connectivity index (χ3v) is 5.07. The first kappa shape index (κ1) is 14.5. The van der Waals surface area contributed by atoms with Crippen molar-refractivity contribution in [1.82, 2.24) is 15.5 Å². The number of rotatable bonds is 2. The highest BCUT2D eigenvalue weighted by Crippen LogP contribution is 2.28. The molecule has 1 saturated heterocycles. The number of hydrogen-bond acceptors (Lipinski definition) is 5. The lowest BCUT2D eigenvalue weighted by Gasteiger charge is -2.32. The lowest BCUT2D eigenvalue weighted by atomic mass is 10.1. The molecule has 3 rings (SSSR count). The minimum atomic E-state index is -0.377. The fraction of sp³-hybridized carbons (Fsp3) is 0.571. The Morgan fingerprint density at radius 1 is 1.52 bits per heavy atom. The lowest BCUT2D eigenvalue weighted by Crippen LogP contribution is -2.50. The van der Waals surface area contributed by atoms with Crippen LogP contribution in [0.25, 0.3) is 0 Å². The summed E-state index contributed by atoms with van der Waals surface area (Å²) in [5.41, 5.74) is 1.09. The summed E-state index contributed by atoms with van der Waals surface area (Å²) < 4.78 is 5.53. The molecule has 1 aromatic heterocycles. The Morgan fingerprint density at radius 2 is 2.38 bits per heavy atom. The van der Waals surface area contributed by atoms with Gasteiger partial charge in [0.05, 0.1) is 11.5 Å². The Hall–Kier alpha value is -1.44. The van der Waals surface area contributed by atoms with Gasteiger partial charge in [-0.2, -0.15) is 0 Å². The van der Waals surface area contributed by atoms with E-state index in [9.17, 15) is 9.59 Å². The van der Waals surface area contributed by atoms with Crippen molar-refractivity contribution in [1.29, 1.82) is 0 Å². The molecule has 0 spiro atoms. The molecule has 2 N–H and O–H groups in total. The number of carbonyl (C=O) groups excluding carboxylic acids is 2. The van der Waals surface area contributed by atoms with E-state index < -0.39 is 0 Å². The summed E-state index contributed by atoms with van der Waals surface area (Å²) in [5, 5.41) is 5.82. The average Bonchev–Trinajstić information content (AvgIpc) is 2.97. The fourth-order valence-corrected chi connectivity index (χ4v) is 3.79. The maximum atomic E-state index is 12.4. The predicted octanol–water partition coefficient (Wildman–Crippen LogP) is -0.0192. The number of nitrogens with one attached hydrogen (secondary N) is 2. The van der Waals surface area contributed by atoms with Crippen molar-refractivity contribution in [2.45, 2.75) is 19.1 Å². The molecule has 0 aromatic carbocycles. The summed E-state index contributed by atoms with van der Waals surface area (Å²) >= 11 is 1.52. The van der Waals surface area contributed by atoms with Gasteiger partial charge in [-0.3, -0.25) is 9.59 Å². The monoisotopic (exact) mass is 309 g/mol. The quantitative estimate of drug-likeness (QED) is 0.805. The lowest BCUT2D eigenvalue weighted by molar-refractivity contribution is -0.146. The summed E-state index contributed by atoms with van der Waals surface area (Å²) in [6.45, 7) is 3.22. The summed E-state index contributed by atoms with van der Waals surface area (Å²) in [6.07, 6.45) is 0.431. The van der Waals surface area contributed by atoms with Crippen LogP contribution in [0.2, 0.25) is 0 Å². The second-order valence-corrected chi connectivity index (χ2v) is 6.35. The van der Waals surface area contributed by atoms with Crippen LogP contribution in [0.3, 0.4) is 0 Å². The number of nitrogens with zero attached hydrogens (tertiary/aromatic N) is 1. The number of fused-ring (bicyclic) bond motifs is 1. The topological polar surface area (TPSA) is 70.7 Å². The predicted molar refractivity (Wildman–Crippen MR) is 79.4 cm³/mol. The number of thiophene rings is 1. The van der Waals surface area contributed by atoms with Crippen molar-refractivity contribution in [3.8, 4) is 0 Å². The number of carbonyl (C=O) groups is 2. The minimum absolute atomic E-state index is 0.0422. The van der Waals surface area contributed by atoms with Gasteiger partial charge in [-0.1, -0.05) is 0 Å². The van der Waals surface area contributed by atoms with Crippen molar-refractivity contribution in [2.75, 3.05) is 33.3 Å². The maximum absolute atomic E-state index is 12.4. The van der Waals surface area contributed by atoms with Crippen LogP contribution in [0.1, 0.15) is 20.1 Å². The molecule has 0 saturated carbocycles. The van der Waals surface area contributed by atoms with Crippen LogP contribution in [-0.2, 0) is 22.5 Å². The van der Waals surface area contributed by atoms with E-state index in [1.807, 2.05) is 11.0 Å². The number of morpholine rings is 1. The Morgan fingerprint density at radius 3 is 3.10 bits per heavy atom. The van der Waals surface area contributed by atoms with Gasteiger partial charge in [0.1, 0.15) is 6.10 Å². The SMILES string of the molecule is CNC(=O)c1cc2c(s1)CCN(C(=O)C1CNCCO1)C2. The molecule has 2 aliphatic heterocycles. The van der Waals surface area contributed by atoms with Crippen LogP contribution in [-0.4, -0.2) is 56.1 Å². The van der Waals surface area contributed by atoms with Gasteiger partial charge in [0.25, 0.3) is 11.8 Å². The standard InChI is InChI=1S/C14H19N3O3S/c1-15-13(18)12-6-9-8-17(4-2-11(9)21-12)14(19)10-7-16-3-5-20-10/h6,10,16H,2-5,7-8H2,1H3,(H,15,18). The second kappa shape index (κ2) is 6.13. The van der Waals surface area contributed by atoms with Gasteiger partial charge in [-0.05, 0) is 18.1 Å². The summed E-state index contributed by atoms with van der Waals surface area (Å²) in [6, 6.07) is 1.90. The summed E-state index contributed by atoms with van der Waals surface area (Å²) in [5.74, 6) is -0.0207. The number of hydrogen-bond donors (Lipinski definition) is 2. The van der Waals surface area contributed by atoms with Gasteiger partial charge in [0.2, 0.25) is 0 Å². The van der Waals surface area contributed by atoms with E-state index in [-0.39, 0.29) is 17.9 Å². The highest BCUT2D eigenvalue weighted by atomic mass is 32.1. The molecule has 0 bridgehead atoms. The Balaban J connectivity index is 1.70. The molecule has 1 aromatic rings. The van der Waals surface area contributed by atoms with Crippen LogP contribution in [0.4, 0.5) is 0 Å². The zero-order valence-corrected chi connectivity index (χ0v) is 12.8. The average molecular weight is 309 g/mol. The highest BCUT2D eigenvalue weighted by Gasteiger charge is 2.30. The van der Waals surface area contributed by atoms with Crippen molar-refractivity contribution >= 4 is 23.2 Å². The molecule has 1 fully saturated rings. The minimum Gasteiger partial charge on any atom is -0.366 e. The Labute approximate surface area is 127 Å². The molecule has 1 unspecified atom stereocenters. The first-order chi connectivity index (χ1) is 10.2. The zero-order chi connectivity index (χ0) is 14.8. The molecule has 21 heavy (non-hydrogen) atoms. The van der Waals surface area contributed by atoms with Gasteiger partial charge >= 0.3 is 0 Å². The van der Waals surface area contributed by atoms with Gasteiger partial charge in [-0.25, -0.2) is 0 Å². The molecule has 0 aliphatic carbocycles. The van der Waals surface area contributed by atoms with Crippen LogP contribution >= 0.6 is 11.3 Å². The smallest absolute Gasteiger partial charge is 0.261 e. The van der Waals surface area contributed by atoms with Gasteiger partial charge in [-0.15, -0.1) is 11.3 Å². The van der Waals surface area contributed by atoms with E-state index in [1.54, 1.807) is 7.05 Å². The van der Waals surface area contributed by atoms with Gasteiger partial charge < -0.3 is 20.3 Å². The normalized spacial score (nSPS) is 21.8. The van der Waals surface area contributed by atoms with E-state index in [2.05, 4.69) is 10.6 Å². The third-order valence-electron chi connectivity index (χ3n) is 3.83. The molecular formula is C14H19N3O3S. The Bertz CT molecular complexity index is 552. The summed E-state index contributed by atoms with van der Waals surface area (Å²) in [7, 11) is 1.63. The van der Waals surface area contributed by atoms with Crippen LogP contribution in [0.15, 0.2) is 6.07 Å². The van der Waals surface area contributed by atoms with Crippen LogP contribution < -0.4 is 10.6 Å². The molecule has 1 atom stereocenters. The van der Waals surface area contributed by atoms with E-state index in [0.717, 1.165) is 18.5 Å². The largest absolute Gasteiger partial charge is 0.366 e. The van der Waals surface area contributed by atoms with Crippen molar-refractivity contribution in [2.24, 2.45) is 0 Å². The number of ether oxygens (including phenoxy) is 1. The second-order valence-electron chi connectivity index (χ2n) is 5.21. The van der Waals surface area contributed by atoms with E-state index in [0.29, 0.717) is 31.1 Å². The molecule has 6 nitrogen and oxygen atoms in total. The highest BCUT2D eigenvalue weighted by molar-refractivity contribution is 7.14. The first-order valence-corrected chi connectivity index (χ1v) is 7.95. The molecule has 7 heteroatoms. The first-order valence-electron chi connectivity index (χ1n) is 7.14. The van der Waals surface area contributed by atoms with Gasteiger partial charge in [0.15, 0.2) is 0 Å². The van der Waals surface area contributed by atoms with Crippen molar-refractivity contribution in [3.05, 3.63) is 21.4 Å². The van der Waals surface area contributed by atoms with Crippen LogP contribution in [0.5, 0.6) is 0 Å². The Kier molecular flexibility index (Phi) is 4.23. The van der Waals surface area contributed by atoms with Crippen molar-refractivity contribution in [3.63, 3.8) is 0 Å². The molecular weight excluding hydrogens is 290 g/mol. The van der Waals surface area contributed by atoms with Crippen molar-refractivity contribution < 1.29 is 14.3 Å².